The highest BCUT2D eigenvalue weighted by atomic mass is 16.5. The van der Waals surface area contributed by atoms with Crippen molar-refractivity contribution in [2.45, 2.75) is 26.3 Å². The Kier molecular flexibility index (Phi) is 4.10. The Morgan fingerprint density at radius 2 is 2.00 bits per heavy atom. The van der Waals surface area contributed by atoms with Crippen molar-refractivity contribution in [3.05, 3.63) is 36.2 Å². The van der Waals surface area contributed by atoms with Crippen molar-refractivity contribution in [3.63, 3.8) is 0 Å². The van der Waals surface area contributed by atoms with E-state index < -0.39 is 0 Å². The van der Waals surface area contributed by atoms with Gasteiger partial charge in [0.1, 0.15) is 11.5 Å². The lowest BCUT2D eigenvalue weighted by Gasteiger charge is -2.22. The van der Waals surface area contributed by atoms with Gasteiger partial charge in [-0.3, -0.25) is 4.68 Å². The average molecular weight is 287 g/mol. The van der Waals surface area contributed by atoms with Gasteiger partial charge in [0.05, 0.1) is 11.9 Å². The number of phenols is 1. The van der Waals surface area contributed by atoms with E-state index in [1.54, 1.807) is 30.5 Å². The van der Waals surface area contributed by atoms with Crippen LogP contribution >= 0.6 is 0 Å². The molecule has 0 atom stereocenters. The van der Waals surface area contributed by atoms with E-state index in [1.165, 1.54) is 12.8 Å². The van der Waals surface area contributed by atoms with Crippen LogP contribution in [0.1, 0.15) is 18.5 Å². The Labute approximate surface area is 124 Å². The van der Waals surface area contributed by atoms with E-state index in [2.05, 4.69) is 10.4 Å². The second kappa shape index (κ2) is 6.18. The fourth-order valence-corrected chi connectivity index (χ4v) is 2.66. The Morgan fingerprint density at radius 1 is 1.29 bits per heavy atom. The number of aromatic nitrogens is 2. The molecule has 5 heteroatoms. The van der Waals surface area contributed by atoms with Crippen LogP contribution in [0.5, 0.6) is 17.2 Å². The van der Waals surface area contributed by atoms with E-state index in [1.807, 2.05) is 11.6 Å². The summed E-state index contributed by atoms with van der Waals surface area (Å²) in [6, 6.07) is 6.73. The Morgan fingerprint density at radius 3 is 2.71 bits per heavy atom. The molecular weight excluding hydrogens is 266 g/mol. The third-order valence-corrected chi connectivity index (χ3v) is 4.01. The molecule has 1 aromatic heterocycles. The molecule has 3 rings (SSSR count). The molecule has 0 saturated carbocycles. The fourth-order valence-electron chi connectivity index (χ4n) is 2.66. The molecular formula is C16H21N3O2. The van der Waals surface area contributed by atoms with Crippen LogP contribution in [0, 0.1) is 12.8 Å². The van der Waals surface area contributed by atoms with E-state index in [0.717, 1.165) is 31.1 Å². The molecule has 21 heavy (non-hydrogen) atoms. The topological polar surface area (TPSA) is 59.3 Å². The van der Waals surface area contributed by atoms with Gasteiger partial charge < -0.3 is 15.2 Å². The molecule has 0 aliphatic carbocycles. The smallest absolute Gasteiger partial charge is 0.168 e. The van der Waals surface area contributed by atoms with Crippen LogP contribution in [0.3, 0.4) is 0 Å². The molecule has 2 aromatic rings. The second-order valence-corrected chi connectivity index (χ2v) is 5.57. The maximum atomic E-state index is 9.29. The summed E-state index contributed by atoms with van der Waals surface area (Å²) in [6.45, 7) is 5.18. The molecule has 2 N–H and O–H groups in total. The highest BCUT2D eigenvalue weighted by Crippen LogP contribution is 2.27. The minimum absolute atomic E-state index is 0.237. The maximum absolute atomic E-state index is 9.29. The molecule has 0 amide bonds. The first-order chi connectivity index (χ1) is 10.2. The Balaban J connectivity index is 1.68. The third kappa shape index (κ3) is 3.36. The molecule has 0 radical (unpaired) electrons. The molecule has 1 aliphatic heterocycles. The van der Waals surface area contributed by atoms with Crippen LogP contribution in [-0.4, -0.2) is 28.0 Å². The predicted octanol–water partition coefficient (Wildman–Crippen LogP) is 2.69. The number of hydrogen-bond donors (Lipinski definition) is 2. The highest BCUT2D eigenvalue weighted by Gasteiger charge is 2.16. The van der Waals surface area contributed by atoms with Crippen molar-refractivity contribution in [3.8, 4) is 17.2 Å². The van der Waals surface area contributed by atoms with Crippen LogP contribution in [-0.2, 0) is 6.54 Å². The van der Waals surface area contributed by atoms with Gasteiger partial charge in [0.15, 0.2) is 5.75 Å². The molecule has 112 valence electrons. The zero-order valence-corrected chi connectivity index (χ0v) is 12.2. The highest BCUT2D eigenvalue weighted by molar-refractivity contribution is 5.35. The third-order valence-electron chi connectivity index (χ3n) is 4.01. The second-order valence-electron chi connectivity index (χ2n) is 5.57. The first-order valence-corrected chi connectivity index (χ1v) is 7.42. The van der Waals surface area contributed by atoms with Crippen molar-refractivity contribution in [1.29, 1.82) is 0 Å². The average Bonchev–Trinajstić information content (AvgIpc) is 2.84. The number of nitrogens with one attached hydrogen (secondary N) is 1. The predicted molar refractivity (Wildman–Crippen MR) is 80.7 cm³/mol. The summed E-state index contributed by atoms with van der Waals surface area (Å²) in [5, 5.41) is 17.1. The number of nitrogens with zero attached hydrogens (tertiary/aromatic N) is 2. The lowest BCUT2D eigenvalue weighted by molar-refractivity contribution is 0.318. The van der Waals surface area contributed by atoms with Gasteiger partial charge in [0, 0.05) is 6.54 Å². The first kappa shape index (κ1) is 13.9. The number of hydrogen-bond acceptors (Lipinski definition) is 4. The van der Waals surface area contributed by atoms with Crippen molar-refractivity contribution in [2.75, 3.05) is 13.1 Å². The van der Waals surface area contributed by atoms with Gasteiger partial charge >= 0.3 is 0 Å². The van der Waals surface area contributed by atoms with E-state index >= 15 is 0 Å². The van der Waals surface area contributed by atoms with Gasteiger partial charge in [0.25, 0.3) is 0 Å². The molecule has 5 nitrogen and oxygen atoms in total. The lowest BCUT2D eigenvalue weighted by atomic mass is 9.98. The van der Waals surface area contributed by atoms with Gasteiger partial charge in [-0.1, -0.05) is 0 Å². The molecule has 2 heterocycles. The molecule has 1 aromatic carbocycles. The van der Waals surface area contributed by atoms with Crippen molar-refractivity contribution >= 4 is 0 Å². The van der Waals surface area contributed by atoms with Gasteiger partial charge in [0.2, 0.25) is 0 Å². The summed E-state index contributed by atoms with van der Waals surface area (Å²) in [4.78, 5) is 0. The normalized spacial score (nSPS) is 16.0. The summed E-state index contributed by atoms with van der Waals surface area (Å²) < 4.78 is 7.86. The van der Waals surface area contributed by atoms with Gasteiger partial charge in [-0.2, -0.15) is 5.10 Å². The van der Waals surface area contributed by atoms with Crippen molar-refractivity contribution in [2.24, 2.45) is 5.92 Å². The van der Waals surface area contributed by atoms with E-state index in [-0.39, 0.29) is 5.75 Å². The molecule has 0 spiro atoms. The van der Waals surface area contributed by atoms with Crippen LogP contribution in [0.15, 0.2) is 30.5 Å². The quantitative estimate of drug-likeness (QED) is 0.907. The number of phenolic OH excluding ortho intramolecular Hbond substituents is 1. The van der Waals surface area contributed by atoms with Gasteiger partial charge in [-0.15, -0.1) is 0 Å². The molecule has 0 unspecified atom stereocenters. The van der Waals surface area contributed by atoms with E-state index in [9.17, 15) is 5.11 Å². The lowest BCUT2D eigenvalue weighted by Crippen LogP contribution is -2.30. The molecule has 0 bridgehead atoms. The largest absolute Gasteiger partial charge is 0.508 e. The maximum Gasteiger partial charge on any atom is 0.168 e. The summed E-state index contributed by atoms with van der Waals surface area (Å²) in [5.41, 5.74) is 1.04. The van der Waals surface area contributed by atoms with Gasteiger partial charge in [-0.05, 0) is 63.0 Å². The summed E-state index contributed by atoms with van der Waals surface area (Å²) >= 11 is 0. The monoisotopic (exact) mass is 287 g/mol. The summed E-state index contributed by atoms with van der Waals surface area (Å²) in [5.74, 6) is 2.40. The Hall–Kier alpha value is -2.01. The first-order valence-electron chi connectivity index (χ1n) is 7.42. The van der Waals surface area contributed by atoms with Gasteiger partial charge in [-0.25, -0.2) is 0 Å². The SMILES string of the molecule is Cc1c(Oc2ccc(O)cc2)cnn1CC1CCNCC1. The van der Waals surface area contributed by atoms with Crippen molar-refractivity contribution < 1.29 is 9.84 Å². The van der Waals surface area contributed by atoms with E-state index in [4.69, 9.17) is 4.74 Å². The number of rotatable bonds is 4. The molecule has 1 fully saturated rings. The standard InChI is InChI=1S/C16H21N3O2/c1-12-16(21-15-4-2-14(20)3-5-15)10-18-19(12)11-13-6-8-17-9-7-13/h2-5,10,13,17,20H,6-9,11H2,1H3. The van der Waals surface area contributed by atoms with Crippen LogP contribution < -0.4 is 10.1 Å². The van der Waals surface area contributed by atoms with Crippen LogP contribution in [0.4, 0.5) is 0 Å². The minimum atomic E-state index is 0.237. The van der Waals surface area contributed by atoms with Crippen LogP contribution in [0.25, 0.3) is 0 Å². The minimum Gasteiger partial charge on any atom is -0.508 e. The fraction of sp³-hybridized carbons (Fsp3) is 0.438. The number of piperidine rings is 1. The van der Waals surface area contributed by atoms with Crippen molar-refractivity contribution in [1.82, 2.24) is 15.1 Å². The van der Waals surface area contributed by atoms with E-state index in [0.29, 0.717) is 11.7 Å². The number of benzene rings is 1. The number of aromatic hydroxyl groups is 1. The zero-order chi connectivity index (χ0) is 14.7. The van der Waals surface area contributed by atoms with Crippen LogP contribution in [0.2, 0.25) is 0 Å². The molecule has 1 aliphatic rings. The Bertz CT molecular complexity index is 586. The summed E-state index contributed by atoms with van der Waals surface area (Å²) in [6.07, 6.45) is 4.17. The molecule has 1 saturated heterocycles. The summed E-state index contributed by atoms with van der Waals surface area (Å²) in [7, 11) is 0. The number of ether oxygens (including phenoxy) is 1. The zero-order valence-electron chi connectivity index (χ0n) is 12.2.